The largest absolute Gasteiger partial charge is 0.382 e. The normalized spacial score (nSPS) is 20.3. The number of likely N-dealkylation sites (N-methyl/N-ethyl adjacent to an activating group) is 1. The van der Waals surface area contributed by atoms with E-state index < -0.39 is 10.2 Å². The van der Waals surface area contributed by atoms with Gasteiger partial charge in [-0.1, -0.05) is 6.08 Å². The number of allylic oxidation sites excluding steroid dienone is 2. The second-order valence-electron chi connectivity index (χ2n) is 4.71. The number of nitrogens with two attached hydrogens (primary N) is 1. The molecule has 8 nitrogen and oxygen atoms in total. The Kier molecular flexibility index (Phi) is 3.71. The number of hydrogen-bond donors (Lipinski definition) is 3. The van der Waals surface area contributed by atoms with E-state index >= 15 is 0 Å². The molecule has 0 fully saturated rings. The summed E-state index contributed by atoms with van der Waals surface area (Å²) in [6.07, 6.45) is 3.08. The molecule has 0 atom stereocenters. The first-order valence-corrected chi connectivity index (χ1v) is 7.50. The van der Waals surface area contributed by atoms with Crippen molar-refractivity contribution < 1.29 is 13.2 Å². The number of amides is 1. The zero-order valence-electron chi connectivity index (χ0n) is 11.3. The molecule has 0 aromatic carbocycles. The lowest BCUT2D eigenvalue weighted by molar-refractivity contribution is -0.127. The van der Waals surface area contributed by atoms with Crippen molar-refractivity contribution in [3.05, 3.63) is 23.0 Å². The van der Waals surface area contributed by atoms with E-state index in [1.165, 1.54) is 4.90 Å². The van der Waals surface area contributed by atoms with Gasteiger partial charge in [0.2, 0.25) is 5.91 Å². The van der Waals surface area contributed by atoms with Crippen molar-refractivity contribution in [3.8, 4) is 0 Å². The van der Waals surface area contributed by atoms with Crippen LogP contribution in [-0.2, 0) is 15.0 Å². The van der Waals surface area contributed by atoms with Gasteiger partial charge in [-0.05, 0) is 12.8 Å². The predicted octanol–water partition coefficient (Wildman–Crippen LogP) is -1.20. The van der Waals surface area contributed by atoms with Crippen molar-refractivity contribution in [1.82, 2.24) is 14.9 Å². The van der Waals surface area contributed by atoms with Crippen molar-refractivity contribution in [2.75, 3.05) is 20.6 Å². The van der Waals surface area contributed by atoms with Crippen LogP contribution in [0.2, 0.25) is 0 Å². The lowest BCUT2D eigenvalue weighted by Crippen LogP contribution is -2.39. The van der Waals surface area contributed by atoms with Gasteiger partial charge in [-0.3, -0.25) is 9.52 Å². The molecule has 110 valence electrons. The van der Waals surface area contributed by atoms with Gasteiger partial charge in [-0.2, -0.15) is 8.42 Å². The first-order valence-electron chi connectivity index (χ1n) is 6.06. The summed E-state index contributed by atoms with van der Waals surface area (Å²) in [5, 5.41) is 2.98. The van der Waals surface area contributed by atoms with Crippen molar-refractivity contribution in [1.29, 1.82) is 0 Å². The van der Waals surface area contributed by atoms with Crippen molar-refractivity contribution in [3.63, 3.8) is 0 Å². The van der Waals surface area contributed by atoms with Gasteiger partial charge in [0.25, 0.3) is 0 Å². The molecule has 2 aliphatic rings. The van der Waals surface area contributed by atoms with Crippen LogP contribution in [0.4, 0.5) is 0 Å². The van der Waals surface area contributed by atoms with E-state index in [0.29, 0.717) is 29.8 Å². The standard InChI is InChI=1S/C11H17N5O3S/c1-16(2)9(17)6-13-7-4-3-5-8-10(7)11(12)15-20(18,19)14-8/h4,13-14H,3,5-6H2,1-2H3,(H2,12,15). The molecule has 1 aliphatic heterocycles. The van der Waals surface area contributed by atoms with E-state index in [9.17, 15) is 13.2 Å². The zero-order valence-corrected chi connectivity index (χ0v) is 12.1. The van der Waals surface area contributed by atoms with Gasteiger partial charge >= 0.3 is 10.2 Å². The Morgan fingerprint density at radius 3 is 2.90 bits per heavy atom. The summed E-state index contributed by atoms with van der Waals surface area (Å²) in [6.45, 7) is 0.107. The first-order chi connectivity index (χ1) is 9.30. The smallest absolute Gasteiger partial charge is 0.344 e. The topological polar surface area (TPSA) is 117 Å². The van der Waals surface area contributed by atoms with E-state index in [1.54, 1.807) is 14.1 Å². The van der Waals surface area contributed by atoms with Crippen LogP contribution in [0, 0.1) is 0 Å². The molecule has 0 saturated heterocycles. The molecule has 20 heavy (non-hydrogen) atoms. The quantitative estimate of drug-likeness (QED) is 0.605. The fraction of sp³-hybridized carbons (Fsp3) is 0.455. The summed E-state index contributed by atoms with van der Waals surface area (Å²) in [5.74, 6) is -0.153. The van der Waals surface area contributed by atoms with Crippen LogP contribution in [0.15, 0.2) is 27.4 Å². The molecule has 2 rings (SSSR count). The van der Waals surface area contributed by atoms with Gasteiger partial charge in [0.05, 0.1) is 12.1 Å². The molecule has 9 heteroatoms. The molecular weight excluding hydrogens is 282 g/mol. The number of hydrogen-bond acceptors (Lipinski definition) is 5. The second kappa shape index (κ2) is 5.16. The Labute approximate surface area is 117 Å². The first kappa shape index (κ1) is 14.4. The molecule has 0 radical (unpaired) electrons. The van der Waals surface area contributed by atoms with E-state index in [4.69, 9.17) is 5.73 Å². The average molecular weight is 299 g/mol. The Balaban J connectivity index is 2.20. The van der Waals surface area contributed by atoms with Gasteiger partial charge in [0.1, 0.15) is 5.84 Å². The second-order valence-corrected chi connectivity index (χ2v) is 6.04. The van der Waals surface area contributed by atoms with E-state index in [2.05, 4.69) is 14.4 Å². The highest BCUT2D eigenvalue weighted by Crippen LogP contribution is 2.25. The third-order valence-electron chi connectivity index (χ3n) is 2.97. The highest BCUT2D eigenvalue weighted by molar-refractivity contribution is 7.88. The molecule has 1 heterocycles. The number of carbonyl (C=O) groups excluding carboxylic acids is 1. The third-order valence-corrected chi connectivity index (χ3v) is 3.91. The van der Waals surface area contributed by atoms with E-state index in [0.717, 1.165) is 0 Å². The lowest BCUT2D eigenvalue weighted by atomic mass is 9.99. The molecule has 0 unspecified atom stereocenters. The zero-order chi connectivity index (χ0) is 14.9. The van der Waals surface area contributed by atoms with Crippen LogP contribution in [0.1, 0.15) is 12.8 Å². The highest BCUT2D eigenvalue weighted by atomic mass is 32.2. The highest BCUT2D eigenvalue weighted by Gasteiger charge is 2.28. The predicted molar refractivity (Wildman–Crippen MR) is 74.7 cm³/mol. The fourth-order valence-corrected chi connectivity index (χ4v) is 2.90. The summed E-state index contributed by atoms with van der Waals surface area (Å²) in [5.41, 5.74) is 7.39. The monoisotopic (exact) mass is 299 g/mol. The van der Waals surface area contributed by atoms with Crippen LogP contribution >= 0.6 is 0 Å². The van der Waals surface area contributed by atoms with Gasteiger partial charge in [0.15, 0.2) is 0 Å². The van der Waals surface area contributed by atoms with Crippen molar-refractivity contribution >= 4 is 22.0 Å². The third kappa shape index (κ3) is 2.93. The SMILES string of the molecule is CN(C)C(=O)CNC1=CCCC2=C1C(N)=NS(=O)(=O)N2. The Hall–Kier alpha value is -2.03. The average Bonchev–Trinajstić information content (AvgIpc) is 2.33. The van der Waals surface area contributed by atoms with Crippen LogP contribution in [0.25, 0.3) is 0 Å². The maximum Gasteiger partial charge on any atom is 0.344 e. The van der Waals surface area contributed by atoms with Crippen molar-refractivity contribution in [2.45, 2.75) is 12.8 Å². The minimum absolute atomic E-state index is 0.0606. The number of carbonyl (C=O) groups is 1. The number of amidine groups is 1. The Morgan fingerprint density at radius 1 is 1.55 bits per heavy atom. The number of nitrogens with one attached hydrogen (secondary N) is 2. The molecule has 0 aromatic rings. The summed E-state index contributed by atoms with van der Waals surface area (Å²) in [7, 11) is -0.423. The molecule has 0 saturated carbocycles. The molecule has 0 bridgehead atoms. The molecule has 0 aromatic heterocycles. The maximum absolute atomic E-state index is 11.6. The van der Waals surface area contributed by atoms with Gasteiger partial charge in [0, 0.05) is 25.5 Å². The Morgan fingerprint density at radius 2 is 2.25 bits per heavy atom. The maximum atomic E-state index is 11.6. The molecular formula is C11H17N5O3S. The van der Waals surface area contributed by atoms with E-state index in [-0.39, 0.29) is 18.3 Å². The molecule has 1 aliphatic carbocycles. The van der Waals surface area contributed by atoms with Crippen LogP contribution in [0.3, 0.4) is 0 Å². The number of nitrogens with zero attached hydrogens (tertiary/aromatic N) is 2. The summed E-state index contributed by atoms with van der Waals surface area (Å²) >= 11 is 0. The van der Waals surface area contributed by atoms with Crippen molar-refractivity contribution in [2.24, 2.45) is 10.1 Å². The molecule has 4 N–H and O–H groups in total. The minimum Gasteiger partial charge on any atom is -0.382 e. The van der Waals surface area contributed by atoms with Crippen LogP contribution in [0.5, 0.6) is 0 Å². The van der Waals surface area contributed by atoms with Gasteiger partial charge in [-0.25, -0.2) is 0 Å². The number of rotatable bonds is 3. The summed E-state index contributed by atoms with van der Waals surface area (Å²) in [4.78, 5) is 13.0. The van der Waals surface area contributed by atoms with Gasteiger partial charge < -0.3 is 16.0 Å². The van der Waals surface area contributed by atoms with Crippen LogP contribution < -0.4 is 15.8 Å². The molecule has 0 spiro atoms. The molecule has 1 amide bonds. The summed E-state index contributed by atoms with van der Waals surface area (Å²) in [6, 6.07) is 0. The lowest BCUT2D eigenvalue weighted by Gasteiger charge is -2.26. The summed E-state index contributed by atoms with van der Waals surface area (Å²) < 4.78 is 28.7. The van der Waals surface area contributed by atoms with Crippen LogP contribution in [-0.4, -0.2) is 45.7 Å². The van der Waals surface area contributed by atoms with Gasteiger partial charge in [-0.15, -0.1) is 4.40 Å². The Bertz CT molecular complexity index is 630. The van der Waals surface area contributed by atoms with E-state index in [1.807, 2.05) is 6.08 Å². The fourth-order valence-electron chi connectivity index (χ4n) is 1.99. The minimum atomic E-state index is -3.75.